The summed E-state index contributed by atoms with van der Waals surface area (Å²) in [5, 5.41) is 5.74. The molecule has 1 aromatic carbocycles. The molecule has 1 unspecified atom stereocenters. The molecular weight excluding hydrogens is 286 g/mol. The van der Waals surface area contributed by atoms with Crippen molar-refractivity contribution in [3.8, 4) is 0 Å². The fourth-order valence-corrected chi connectivity index (χ4v) is 3.06. The second-order valence-electron chi connectivity index (χ2n) is 5.58. The average Bonchev–Trinajstić information content (AvgIpc) is 2.45. The highest BCUT2D eigenvalue weighted by molar-refractivity contribution is 8.00. The van der Waals surface area contributed by atoms with E-state index in [1.54, 1.807) is 12.1 Å². The zero-order valence-electron chi connectivity index (χ0n) is 12.3. The van der Waals surface area contributed by atoms with E-state index >= 15 is 0 Å². The Bertz CT molecular complexity index is 546. The first-order valence-corrected chi connectivity index (χ1v) is 8.05. The Morgan fingerprint density at radius 2 is 2.24 bits per heavy atom. The average molecular weight is 307 g/mol. The summed E-state index contributed by atoms with van der Waals surface area (Å²) < 4.78 is 0. The standard InChI is InChI=1S/C15H21N3O2S/c1-9(2)5-11(7-16)17-15(20)10-3-4-13-12(6-10)18-14(19)8-21-13/h3-4,6,9,11H,5,7-8,16H2,1-2H3,(H,17,20)(H,18,19). The third kappa shape index (κ3) is 4.22. The van der Waals surface area contributed by atoms with Gasteiger partial charge in [0, 0.05) is 23.0 Å². The molecule has 1 aromatic rings. The van der Waals surface area contributed by atoms with E-state index in [0.717, 1.165) is 11.3 Å². The zero-order chi connectivity index (χ0) is 15.4. The van der Waals surface area contributed by atoms with Gasteiger partial charge >= 0.3 is 0 Å². The van der Waals surface area contributed by atoms with E-state index in [1.165, 1.54) is 11.8 Å². The van der Waals surface area contributed by atoms with E-state index < -0.39 is 0 Å². The van der Waals surface area contributed by atoms with Crippen molar-refractivity contribution < 1.29 is 9.59 Å². The van der Waals surface area contributed by atoms with Crippen molar-refractivity contribution >= 4 is 29.3 Å². The topological polar surface area (TPSA) is 84.2 Å². The highest BCUT2D eigenvalue weighted by Crippen LogP contribution is 2.31. The van der Waals surface area contributed by atoms with Gasteiger partial charge in [0.1, 0.15) is 0 Å². The van der Waals surface area contributed by atoms with Crippen molar-refractivity contribution in [2.45, 2.75) is 31.2 Å². The smallest absolute Gasteiger partial charge is 0.251 e. The van der Waals surface area contributed by atoms with Crippen molar-refractivity contribution in [3.63, 3.8) is 0 Å². The molecule has 5 nitrogen and oxygen atoms in total. The second kappa shape index (κ2) is 6.95. The third-order valence-corrected chi connectivity index (χ3v) is 4.32. The maximum absolute atomic E-state index is 12.3. The molecule has 0 radical (unpaired) electrons. The largest absolute Gasteiger partial charge is 0.348 e. The van der Waals surface area contributed by atoms with Gasteiger partial charge in [-0.2, -0.15) is 0 Å². The van der Waals surface area contributed by atoms with Gasteiger partial charge in [-0.15, -0.1) is 11.8 Å². The zero-order valence-corrected chi connectivity index (χ0v) is 13.1. The lowest BCUT2D eigenvalue weighted by atomic mass is 10.0. The number of amides is 2. The predicted octanol–water partition coefficient (Wildman–Crippen LogP) is 1.83. The Morgan fingerprint density at radius 1 is 1.48 bits per heavy atom. The molecule has 114 valence electrons. The van der Waals surface area contributed by atoms with Crippen molar-refractivity contribution in [2.24, 2.45) is 11.7 Å². The molecule has 0 saturated heterocycles. The Labute approximate surface area is 129 Å². The molecule has 2 amide bonds. The molecule has 1 aliphatic rings. The summed E-state index contributed by atoms with van der Waals surface area (Å²) in [6.45, 7) is 4.61. The molecule has 0 aromatic heterocycles. The summed E-state index contributed by atoms with van der Waals surface area (Å²) in [5.41, 5.74) is 6.95. The maximum atomic E-state index is 12.3. The van der Waals surface area contributed by atoms with Crippen LogP contribution in [0.15, 0.2) is 23.1 Å². The van der Waals surface area contributed by atoms with E-state index in [1.807, 2.05) is 6.07 Å². The number of carbonyl (C=O) groups excluding carboxylic acids is 2. The van der Waals surface area contributed by atoms with Gasteiger partial charge < -0.3 is 16.4 Å². The van der Waals surface area contributed by atoms with E-state index in [2.05, 4.69) is 24.5 Å². The summed E-state index contributed by atoms with van der Waals surface area (Å²) in [4.78, 5) is 24.7. The minimum absolute atomic E-state index is 0.0301. The van der Waals surface area contributed by atoms with Crippen LogP contribution < -0.4 is 16.4 Å². The van der Waals surface area contributed by atoms with Gasteiger partial charge in [0.15, 0.2) is 0 Å². The molecule has 1 heterocycles. The van der Waals surface area contributed by atoms with E-state index in [4.69, 9.17) is 5.73 Å². The number of thioether (sulfide) groups is 1. The molecule has 0 fully saturated rings. The van der Waals surface area contributed by atoms with Crippen molar-refractivity contribution in [3.05, 3.63) is 23.8 Å². The van der Waals surface area contributed by atoms with Crippen LogP contribution in [-0.2, 0) is 4.79 Å². The van der Waals surface area contributed by atoms with Crippen LogP contribution in [0.1, 0.15) is 30.6 Å². The lowest BCUT2D eigenvalue weighted by Gasteiger charge is -2.20. The number of carbonyl (C=O) groups is 2. The van der Waals surface area contributed by atoms with Crippen molar-refractivity contribution in [1.29, 1.82) is 0 Å². The molecule has 0 aliphatic carbocycles. The number of nitrogens with one attached hydrogen (secondary N) is 2. The summed E-state index contributed by atoms with van der Waals surface area (Å²) in [5.74, 6) is 0.698. The van der Waals surface area contributed by atoms with Gasteiger partial charge in [0.2, 0.25) is 5.91 Å². The summed E-state index contributed by atoms with van der Waals surface area (Å²) in [6.07, 6.45) is 0.847. The lowest BCUT2D eigenvalue weighted by Crippen LogP contribution is -2.41. The first-order chi connectivity index (χ1) is 9.99. The fourth-order valence-electron chi connectivity index (χ4n) is 2.28. The first-order valence-electron chi connectivity index (χ1n) is 7.07. The van der Waals surface area contributed by atoms with Crippen molar-refractivity contribution in [1.82, 2.24) is 5.32 Å². The molecule has 2 rings (SSSR count). The molecule has 6 heteroatoms. The molecule has 1 aliphatic heterocycles. The van der Waals surface area contributed by atoms with Crippen LogP contribution in [0.3, 0.4) is 0 Å². The minimum Gasteiger partial charge on any atom is -0.348 e. The van der Waals surface area contributed by atoms with Crippen LogP contribution in [0, 0.1) is 5.92 Å². The van der Waals surface area contributed by atoms with Gasteiger partial charge in [-0.05, 0) is 30.5 Å². The highest BCUT2D eigenvalue weighted by Gasteiger charge is 2.19. The van der Waals surface area contributed by atoms with Gasteiger partial charge in [-0.3, -0.25) is 9.59 Å². The SMILES string of the molecule is CC(C)CC(CN)NC(=O)c1ccc2c(c1)NC(=O)CS2. The van der Waals surface area contributed by atoms with Crippen molar-refractivity contribution in [2.75, 3.05) is 17.6 Å². The summed E-state index contributed by atoms with van der Waals surface area (Å²) >= 11 is 1.48. The molecule has 1 atom stereocenters. The number of hydrogen-bond donors (Lipinski definition) is 3. The minimum atomic E-state index is -0.154. The lowest BCUT2D eigenvalue weighted by molar-refractivity contribution is -0.113. The predicted molar refractivity (Wildman–Crippen MR) is 85.6 cm³/mol. The molecule has 0 bridgehead atoms. The van der Waals surface area contributed by atoms with Gasteiger partial charge in [-0.25, -0.2) is 0 Å². The van der Waals surface area contributed by atoms with E-state index in [9.17, 15) is 9.59 Å². The third-order valence-electron chi connectivity index (χ3n) is 3.25. The number of fused-ring (bicyclic) bond motifs is 1. The summed E-state index contributed by atoms with van der Waals surface area (Å²) in [7, 11) is 0. The number of nitrogens with two attached hydrogens (primary N) is 1. The van der Waals surface area contributed by atoms with Crippen LogP contribution >= 0.6 is 11.8 Å². The van der Waals surface area contributed by atoms with Gasteiger partial charge in [0.25, 0.3) is 5.91 Å². The monoisotopic (exact) mass is 307 g/mol. The van der Waals surface area contributed by atoms with Crippen LogP contribution in [0.25, 0.3) is 0 Å². The van der Waals surface area contributed by atoms with Crippen LogP contribution in [-0.4, -0.2) is 30.2 Å². The second-order valence-corrected chi connectivity index (χ2v) is 6.60. The van der Waals surface area contributed by atoms with Gasteiger partial charge in [0.05, 0.1) is 11.4 Å². The summed E-state index contributed by atoms with van der Waals surface area (Å²) in [6, 6.07) is 5.34. The normalized spacial score (nSPS) is 15.3. The molecular formula is C15H21N3O2S. The Kier molecular flexibility index (Phi) is 5.25. The highest BCUT2D eigenvalue weighted by atomic mass is 32.2. The number of hydrogen-bond acceptors (Lipinski definition) is 4. The Balaban J connectivity index is 2.09. The Hall–Kier alpha value is -1.53. The Morgan fingerprint density at radius 3 is 2.90 bits per heavy atom. The molecule has 0 spiro atoms. The maximum Gasteiger partial charge on any atom is 0.251 e. The number of rotatable bonds is 5. The fraction of sp³-hybridized carbons (Fsp3) is 0.467. The van der Waals surface area contributed by atoms with Crippen LogP contribution in [0.4, 0.5) is 5.69 Å². The van der Waals surface area contributed by atoms with Crippen LogP contribution in [0.2, 0.25) is 0 Å². The number of anilines is 1. The van der Waals surface area contributed by atoms with E-state index in [-0.39, 0.29) is 17.9 Å². The molecule has 4 N–H and O–H groups in total. The van der Waals surface area contributed by atoms with Gasteiger partial charge in [-0.1, -0.05) is 13.8 Å². The first kappa shape index (κ1) is 15.9. The quantitative estimate of drug-likeness (QED) is 0.775. The van der Waals surface area contributed by atoms with E-state index in [0.29, 0.717) is 29.5 Å². The molecule has 0 saturated carbocycles. The van der Waals surface area contributed by atoms with Crippen LogP contribution in [0.5, 0.6) is 0 Å². The number of benzene rings is 1. The molecule has 21 heavy (non-hydrogen) atoms.